The maximum Gasteiger partial charge on any atom is 0.259 e. The molecule has 3 aromatic rings. The first-order valence-electron chi connectivity index (χ1n) is 8.45. The van der Waals surface area contributed by atoms with E-state index in [9.17, 15) is 4.79 Å². The number of aromatic nitrogens is 2. The van der Waals surface area contributed by atoms with Crippen molar-refractivity contribution in [3.05, 3.63) is 62.0 Å². The zero-order valence-electron chi connectivity index (χ0n) is 14.1. The lowest BCUT2D eigenvalue weighted by Gasteiger charge is -2.10. The Hall–Kier alpha value is -2.14. The van der Waals surface area contributed by atoms with Gasteiger partial charge in [0.1, 0.15) is 0 Å². The average molecular weight is 339 g/mol. The lowest BCUT2D eigenvalue weighted by Crippen LogP contribution is -2.18. The van der Waals surface area contributed by atoms with Crippen molar-refractivity contribution in [3.8, 4) is 0 Å². The maximum absolute atomic E-state index is 12.6. The first-order valence-corrected chi connectivity index (χ1v) is 9.27. The van der Waals surface area contributed by atoms with Crippen LogP contribution in [0.15, 0.2) is 29.1 Å². The number of hydrogen-bond acceptors (Lipinski definition) is 4. The van der Waals surface area contributed by atoms with Gasteiger partial charge < -0.3 is 5.32 Å². The minimum atomic E-state index is 0.0524. The number of benzene rings is 1. The quantitative estimate of drug-likeness (QED) is 0.788. The Labute approximate surface area is 145 Å². The van der Waals surface area contributed by atoms with Crippen LogP contribution in [0.3, 0.4) is 0 Å². The molecule has 1 aliphatic carbocycles. The summed E-state index contributed by atoms with van der Waals surface area (Å²) < 4.78 is 1.82. The summed E-state index contributed by atoms with van der Waals surface area (Å²) in [6, 6.07) is 8.05. The standard InChI is InChI=1S/C19H21N3OS/c1-12-7-13(2)9-14(8-12)20-11-15-10-18(23)22-16-5-3-4-6-17(16)24-19(22)21-15/h7-10,20H,3-6,11H2,1-2H3. The highest BCUT2D eigenvalue weighted by atomic mass is 32.1. The number of rotatable bonds is 3. The third-order valence-corrected chi connectivity index (χ3v) is 5.65. The number of anilines is 1. The number of aryl methyl sites for hydroxylation is 4. The fraction of sp³-hybridized carbons (Fsp3) is 0.368. The van der Waals surface area contributed by atoms with Gasteiger partial charge in [-0.15, -0.1) is 11.3 Å². The van der Waals surface area contributed by atoms with Crippen molar-refractivity contribution < 1.29 is 0 Å². The predicted molar refractivity (Wildman–Crippen MR) is 99.2 cm³/mol. The summed E-state index contributed by atoms with van der Waals surface area (Å²) in [7, 11) is 0. The van der Waals surface area contributed by atoms with Gasteiger partial charge in [0.15, 0.2) is 4.96 Å². The van der Waals surface area contributed by atoms with E-state index < -0.39 is 0 Å². The SMILES string of the molecule is Cc1cc(C)cc(NCc2cc(=O)n3c4c(sc3n2)CCCC4)c1. The van der Waals surface area contributed by atoms with Crippen molar-refractivity contribution in [2.24, 2.45) is 0 Å². The van der Waals surface area contributed by atoms with Gasteiger partial charge in [0.2, 0.25) is 0 Å². The molecule has 5 heteroatoms. The Morgan fingerprint density at radius 2 is 1.88 bits per heavy atom. The Morgan fingerprint density at radius 3 is 2.67 bits per heavy atom. The molecule has 24 heavy (non-hydrogen) atoms. The Balaban J connectivity index is 1.64. The molecule has 0 bridgehead atoms. The smallest absolute Gasteiger partial charge is 0.259 e. The van der Waals surface area contributed by atoms with Gasteiger partial charge in [-0.3, -0.25) is 9.20 Å². The fourth-order valence-electron chi connectivity index (χ4n) is 3.50. The lowest BCUT2D eigenvalue weighted by molar-refractivity contribution is 0.670. The van der Waals surface area contributed by atoms with Crippen LogP contribution in [-0.4, -0.2) is 9.38 Å². The number of fused-ring (bicyclic) bond motifs is 3. The molecule has 4 rings (SSSR count). The molecule has 0 radical (unpaired) electrons. The molecule has 2 heterocycles. The molecule has 2 aromatic heterocycles. The summed E-state index contributed by atoms with van der Waals surface area (Å²) in [4.78, 5) is 19.5. The summed E-state index contributed by atoms with van der Waals surface area (Å²) in [6.45, 7) is 4.74. The van der Waals surface area contributed by atoms with Crippen LogP contribution in [0, 0.1) is 13.8 Å². The largest absolute Gasteiger partial charge is 0.379 e. The van der Waals surface area contributed by atoms with Crippen molar-refractivity contribution in [2.75, 3.05) is 5.32 Å². The zero-order valence-corrected chi connectivity index (χ0v) is 14.9. The van der Waals surface area contributed by atoms with E-state index in [0.29, 0.717) is 6.54 Å². The van der Waals surface area contributed by atoms with Crippen molar-refractivity contribution in [2.45, 2.75) is 46.1 Å². The molecule has 0 saturated heterocycles. The highest BCUT2D eigenvalue weighted by Crippen LogP contribution is 2.28. The molecule has 1 N–H and O–H groups in total. The van der Waals surface area contributed by atoms with Gasteiger partial charge in [0.05, 0.1) is 12.2 Å². The van der Waals surface area contributed by atoms with Crippen LogP contribution in [0.25, 0.3) is 4.96 Å². The zero-order chi connectivity index (χ0) is 16.7. The molecule has 0 saturated carbocycles. The maximum atomic E-state index is 12.6. The average Bonchev–Trinajstić information content (AvgIpc) is 2.91. The molecule has 0 unspecified atom stereocenters. The minimum Gasteiger partial charge on any atom is -0.379 e. The summed E-state index contributed by atoms with van der Waals surface area (Å²) in [6.07, 6.45) is 4.47. The van der Waals surface area contributed by atoms with E-state index in [4.69, 9.17) is 4.98 Å². The lowest BCUT2D eigenvalue weighted by atomic mass is 10.0. The molecule has 124 valence electrons. The van der Waals surface area contributed by atoms with Crippen molar-refractivity contribution in [1.82, 2.24) is 9.38 Å². The van der Waals surface area contributed by atoms with Gasteiger partial charge in [0.25, 0.3) is 5.56 Å². The highest BCUT2D eigenvalue weighted by molar-refractivity contribution is 7.17. The first-order chi connectivity index (χ1) is 11.6. The van der Waals surface area contributed by atoms with Crippen LogP contribution < -0.4 is 10.9 Å². The second-order valence-electron chi connectivity index (χ2n) is 6.61. The second kappa shape index (κ2) is 6.06. The summed E-state index contributed by atoms with van der Waals surface area (Å²) in [5, 5.41) is 3.39. The van der Waals surface area contributed by atoms with E-state index in [1.807, 2.05) is 4.40 Å². The van der Waals surface area contributed by atoms with E-state index in [1.54, 1.807) is 17.4 Å². The van der Waals surface area contributed by atoms with E-state index >= 15 is 0 Å². The molecule has 0 spiro atoms. The van der Waals surface area contributed by atoms with E-state index in [2.05, 4.69) is 37.4 Å². The third kappa shape index (κ3) is 2.84. The summed E-state index contributed by atoms with van der Waals surface area (Å²) in [5.74, 6) is 0. The molecule has 0 atom stereocenters. The molecule has 1 aliphatic rings. The molecule has 0 amide bonds. The number of nitrogens with one attached hydrogen (secondary N) is 1. The third-order valence-electron chi connectivity index (χ3n) is 4.51. The molecular weight excluding hydrogens is 318 g/mol. The van der Waals surface area contributed by atoms with Crippen LogP contribution in [-0.2, 0) is 19.4 Å². The van der Waals surface area contributed by atoms with Gasteiger partial charge in [-0.2, -0.15) is 0 Å². The molecule has 4 nitrogen and oxygen atoms in total. The normalized spacial score (nSPS) is 13.9. The summed E-state index contributed by atoms with van der Waals surface area (Å²) >= 11 is 1.68. The Bertz CT molecular complexity index is 950. The first kappa shape index (κ1) is 15.4. The Morgan fingerprint density at radius 1 is 1.12 bits per heavy atom. The van der Waals surface area contributed by atoms with Gasteiger partial charge >= 0.3 is 0 Å². The highest BCUT2D eigenvalue weighted by Gasteiger charge is 2.18. The van der Waals surface area contributed by atoms with Gasteiger partial charge in [-0.25, -0.2) is 4.98 Å². The van der Waals surface area contributed by atoms with Crippen LogP contribution in [0.5, 0.6) is 0 Å². The Kier molecular flexibility index (Phi) is 3.88. The van der Waals surface area contributed by atoms with E-state index in [-0.39, 0.29) is 5.56 Å². The van der Waals surface area contributed by atoms with Crippen LogP contribution >= 0.6 is 11.3 Å². The molecule has 1 aromatic carbocycles. The van der Waals surface area contributed by atoms with E-state index in [0.717, 1.165) is 29.2 Å². The molecule has 0 fully saturated rings. The number of hydrogen-bond donors (Lipinski definition) is 1. The van der Waals surface area contributed by atoms with Gasteiger partial charge in [0, 0.05) is 22.3 Å². The van der Waals surface area contributed by atoms with Gasteiger partial charge in [-0.1, -0.05) is 6.07 Å². The van der Waals surface area contributed by atoms with Crippen LogP contribution in [0.4, 0.5) is 5.69 Å². The molecular formula is C19H21N3OS. The fourth-order valence-corrected chi connectivity index (χ4v) is 4.73. The minimum absolute atomic E-state index is 0.0524. The topological polar surface area (TPSA) is 46.4 Å². The van der Waals surface area contributed by atoms with Gasteiger partial charge in [-0.05, 0) is 62.8 Å². The van der Waals surface area contributed by atoms with Crippen LogP contribution in [0.1, 0.15) is 40.2 Å². The number of nitrogens with zero attached hydrogens (tertiary/aromatic N) is 2. The second-order valence-corrected chi connectivity index (χ2v) is 7.67. The van der Waals surface area contributed by atoms with Crippen molar-refractivity contribution in [3.63, 3.8) is 0 Å². The van der Waals surface area contributed by atoms with Crippen LogP contribution in [0.2, 0.25) is 0 Å². The predicted octanol–water partition coefficient (Wildman–Crippen LogP) is 3.86. The summed E-state index contributed by atoms with van der Waals surface area (Å²) in [5.41, 5.74) is 5.57. The van der Waals surface area contributed by atoms with Crippen molar-refractivity contribution >= 4 is 22.0 Å². The van der Waals surface area contributed by atoms with E-state index in [1.165, 1.54) is 34.5 Å². The monoisotopic (exact) mass is 339 g/mol. The van der Waals surface area contributed by atoms with Crippen molar-refractivity contribution in [1.29, 1.82) is 0 Å². The number of thiazole rings is 1. The molecule has 0 aliphatic heterocycles.